The topological polar surface area (TPSA) is 49.6 Å². The summed E-state index contributed by atoms with van der Waals surface area (Å²) in [7, 11) is 0. The van der Waals surface area contributed by atoms with E-state index in [2.05, 4.69) is 16.3 Å². The van der Waals surface area contributed by atoms with Crippen molar-refractivity contribution >= 4 is 11.6 Å². The van der Waals surface area contributed by atoms with Crippen LogP contribution in [-0.2, 0) is 0 Å². The molecule has 0 aliphatic rings. The molecule has 72 valence electrons. The summed E-state index contributed by atoms with van der Waals surface area (Å²) >= 11 is 5.73. The summed E-state index contributed by atoms with van der Waals surface area (Å²) in [5.41, 5.74) is 2.48. The van der Waals surface area contributed by atoms with Gasteiger partial charge in [0.05, 0.1) is 17.8 Å². The molecule has 0 saturated heterocycles. The van der Waals surface area contributed by atoms with Crippen molar-refractivity contribution in [3.8, 4) is 17.2 Å². The molecule has 0 saturated carbocycles. The molecule has 3 nitrogen and oxygen atoms in total. The molecule has 1 aromatic heterocycles. The maximum absolute atomic E-state index is 8.65. The van der Waals surface area contributed by atoms with E-state index < -0.39 is 0 Å². The van der Waals surface area contributed by atoms with Crippen LogP contribution in [0.15, 0.2) is 36.5 Å². The molecule has 0 radical (unpaired) electrons. The number of nitriles is 1. The van der Waals surface area contributed by atoms with Crippen LogP contribution in [-0.4, -0.2) is 10.2 Å². The van der Waals surface area contributed by atoms with Crippen molar-refractivity contribution < 1.29 is 0 Å². The van der Waals surface area contributed by atoms with E-state index in [0.717, 1.165) is 11.1 Å². The lowest BCUT2D eigenvalue weighted by atomic mass is 10.1. The molecular weight excluding hydrogens is 210 g/mol. The van der Waals surface area contributed by atoms with Gasteiger partial charge in [-0.15, -0.1) is 5.10 Å². The molecule has 0 amide bonds. The highest BCUT2D eigenvalue weighted by molar-refractivity contribution is 6.29. The Morgan fingerprint density at radius 3 is 2.47 bits per heavy atom. The van der Waals surface area contributed by atoms with Gasteiger partial charge in [-0.3, -0.25) is 0 Å². The van der Waals surface area contributed by atoms with Crippen LogP contribution in [0.1, 0.15) is 5.56 Å². The highest BCUT2D eigenvalue weighted by atomic mass is 35.5. The molecule has 2 rings (SSSR count). The molecule has 4 heteroatoms. The van der Waals surface area contributed by atoms with Gasteiger partial charge < -0.3 is 0 Å². The Balaban J connectivity index is 2.42. The van der Waals surface area contributed by atoms with Crippen molar-refractivity contribution in [3.63, 3.8) is 0 Å². The fraction of sp³-hybridized carbons (Fsp3) is 0. The first-order valence-corrected chi connectivity index (χ1v) is 4.66. The van der Waals surface area contributed by atoms with Crippen molar-refractivity contribution in [3.05, 3.63) is 47.2 Å². The molecule has 0 aliphatic heterocycles. The number of rotatable bonds is 1. The van der Waals surface area contributed by atoms with E-state index in [1.54, 1.807) is 24.4 Å². The Labute approximate surface area is 92.0 Å². The third kappa shape index (κ3) is 2.12. The molecule has 15 heavy (non-hydrogen) atoms. The van der Waals surface area contributed by atoms with E-state index in [1.165, 1.54) is 0 Å². The van der Waals surface area contributed by atoms with Crippen LogP contribution in [0.4, 0.5) is 0 Å². The maximum atomic E-state index is 8.65. The first-order chi connectivity index (χ1) is 7.29. The molecule has 0 bridgehead atoms. The largest absolute Gasteiger partial charge is 0.192 e. The van der Waals surface area contributed by atoms with Crippen LogP contribution in [0, 0.1) is 11.3 Å². The molecule has 2 aromatic rings. The SMILES string of the molecule is N#Cc1ccc(-c2cnnc(Cl)c2)cc1. The summed E-state index contributed by atoms with van der Waals surface area (Å²) < 4.78 is 0. The van der Waals surface area contributed by atoms with Gasteiger partial charge in [0.1, 0.15) is 0 Å². The average molecular weight is 216 g/mol. The normalized spacial score (nSPS) is 9.60. The van der Waals surface area contributed by atoms with Crippen LogP contribution in [0.5, 0.6) is 0 Å². The lowest BCUT2D eigenvalue weighted by molar-refractivity contribution is 1.03. The van der Waals surface area contributed by atoms with Crippen LogP contribution in [0.25, 0.3) is 11.1 Å². The summed E-state index contributed by atoms with van der Waals surface area (Å²) in [6.07, 6.45) is 1.63. The van der Waals surface area contributed by atoms with Crippen molar-refractivity contribution in [2.24, 2.45) is 0 Å². The number of halogens is 1. The van der Waals surface area contributed by atoms with Gasteiger partial charge in [0.15, 0.2) is 5.15 Å². The zero-order chi connectivity index (χ0) is 10.7. The minimum atomic E-state index is 0.358. The van der Waals surface area contributed by atoms with Crippen molar-refractivity contribution in [1.29, 1.82) is 5.26 Å². The molecule has 1 heterocycles. The van der Waals surface area contributed by atoms with Gasteiger partial charge in [0, 0.05) is 5.56 Å². The number of benzene rings is 1. The summed E-state index contributed by atoms with van der Waals surface area (Å²) in [6.45, 7) is 0. The van der Waals surface area contributed by atoms with Gasteiger partial charge in [0.2, 0.25) is 0 Å². The molecular formula is C11H6ClN3. The quantitative estimate of drug-likeness (QED) is 0.735. The van der Waals surface area contributed by atoms with E-state index >= 15 is 0 Å². The molecule has 0 N–H and O–H groups in total. The zero-order valence-corrected chi connectivity index (χ0v) is 8.44. The highest BCUT2D eigenvalue weighted by Gasteiger charge is 1.99. The number of hydrogen-bond acceptors (Lipinski definition) is 3. The lowest BCUT2D eigenvalue weighted by Gasteiger charge is -2.00. The van der Waals surface area contributed by atoms with Gasteiger partial charge in [-0.1, -0.05) is 23.7 Å². The second-order valence-electron chi connectivity index (χ2n) is 2.96. The average Bonchev–Trinajstić information content (AvgIpc) is 2.29. The molecule has 0 aliphatic carbocycles. The Kier molecular flexibility index (Phi) is 2.61. The Hall–Kier alpha value is -1.92. The lowest BCUT2D eigenvalue weighted by Crippen LogP contribution is -1.84. The number of hydrogen-bond donors (Lipinski definition) is 0. The van der Waals surface area contributed by atoms with Gasteiger partial charge in [0.25, 0.3) is 0 Å². The predicted molar refractivity (Wildman–Crippen MR) is 57.2 cm³/mol. The minimum absolute atomic E-state index is 0.358. The Morgan fingerprint density at radius 2 is 1.87 bits per heavy atom. The minimum Gasteiger partial charge on any atom is -0.192 e. The fourth-order valence-corrected chi connectivity index (χ4v) is 1.40. The van der Waals surface area contributed by atoms with Crippen molar-refractivity contribution in [2.75, 3.05) is 0 Å². The summed E-state index contributed by atoms with van der Waals surface area (Å²) in [6, 6.07) is 11.0. The van der Waals surface area contributed by atoms with E-state index in [4.69, 9.17) is 16.9 Å². The van der Waals surface area contributed by atoms with Gasteiger partial charge in [-0.05, 0) is 23.8 Å². The van der Waals surface area contributed by atoms with Crippen LogP contribution < -0.4 is 0 Å². The monoisotopic (exact) mass is 215 g/mol. The third-order valence-electron chi connectivity index (χ3n) is 1.97. The molecule has 0 fully saturated rings. The number of nitrogens with zero attached hydrogens (tertiary/aromatic N) is 3. The standard InChI is InChI=1S/C11H6ClN3/c12-11-5-10(7-14-15-11)9-3-1-8(6-13)2-4-9/h1-5,7H. The highest BCUT2D eigenvalue weighted by Crippen LogP contribution is 2.20. The molecule has 0 unspecified atom stereocenters. The summed E-state index contributed by atoms with van der Waals surface area (Å²) in [5, 5.41) is 16.4. The maximum Gasteiger partial charge on any atom is 0.152 e. The van der Waals surface area contributed by atoms with Gasteiger partial charge in [-0.2, -0.15) is 10.4 Å². The van der Waals surface area contributed by atoms with Gasteiger partial charge in [-0.25, -0.2) is 0 Å². The van der Waals surface area contributed by atoms with Crippen molar-refractivity contribution in [1.82, 2.24) is 10.2 Å². The second-order valence-corrected chi connectivity index (χ2v) is 3.34. The Morgan fingerprint density at radius 1 is 1.13 bits per heavy atom. The van der Waals surface area contributed by atoms with Crippen LogP contribution in [0.3, 0.4) is 0 Å². The molecule has 0 atom stereocenters. The molecule has 1 aromatic carbocycles. The van der Waals surface area contributed by atoms with E-state index in [9.17, 15) is 0 Å². The second kappa shape index (κ2) is 4.07. The zero-order valence-electron chi connectivity index (χ0n) is 7.68. The Bertz CT molecular complexity index is 514. The van der Waals surface area contributed by atoms with Gasteiger partial charge >= 0.3 is 0 Å². The first kappa shape index (κ1) is 9.63. The van der Waals surface area contributed by atoms with E-state index in [0.29, 0.717) is 10.7 Å². The van der Waals surface area contributed by atoms with E-state index in [-0.39, 0.29) is 0 Å². The summed E-state index contributed by atoms with van der Waals surface area (Å²) in [4.78, 5) is 0. The number of aromatic nitrogens is 2. The predicted octanol–water partition coefficient (Wildman–Crippen LogP) is 2.67. The smallest absolute Gasteiger partial charge is 0.152 e. The fourth-order valence-electron chi connectivity index (χ4n) is 1.24. The van der Waals surface area contributed by atoms with Crippen LogP contribution >= 0.6 is 11.6 Å². The summed E-state index contributed by atoms with van der Waals surface area (Å²) in [5.74, 6) is 0. The first-order valence-electron chi connectivity index (χ1n) is 4.28. The third-order valence-corrected chi connectivity index (χ3v) is 2.16. The van der Waals surface area contributed by atoms with Crippen LogP contribution in [0.2, 0.25) is 5.15 Å². The van der Waals surface area contributed by atoms with E-state index in [1.807, 2.05) is 12.1 Å². The van der Waals surface area contributed by atoms with Crippen molar-refractivity contribution in [2.45, 2.75) is 0 Å². The molecule has 0 spiro atoms.